The maximum Gasteiger partial charge on any atom is 0.143 e. The number of hydrogen-bond donors (Lipinski definition) is 0. The molecule has 1 fully saturated rings. The molecule has 1 aromatic carbocycles. The summed E-state index contributed by atoms with van der Waals surface area (Å²) in [5.41, 5.74) is 0.952. The fraction of sp³-hybridized carbons (Fsp3) is 0.500. The van der Waals surface area contributed by atoms with Crippen molar-refractivity contribution < 1.29 is 4.79 Å². The van der Waals surface area contributed by atoms with E-state index in [1.807, 2.05) is 24.3 Å². The van der Waals surface area contributed by atoms with E-state index in [1.165, 1.54) is 12.8 Å². The van der Waals surface area contributed by atoms with Gasteiger partial charge in [-0.05, 0) is 30.5 Å². The summed E-state index contributed by atoms with van der Waals surface area (Å²) in [6.45, 7) is 2.10. The van der Waals surface area contributed by atoms with Crippen LogP contribution in [0.25, 0.3) is 0 Å². The Hall–Kier alpha value is -0.820. The minimum atomic E-state index is -0.0810. The lowest BCUT2D eigenvalue weighted by Crippen LogP contribution is -2.25. The summed E-state index contributed by atoms with van der Waals surface area (Å²) >= 11 is 5.91. The van der Waals surface area contributed by atoms with E-state index >= 15 is 0 Å². The third kappa shape index (κ3) is 2.46. The molecule has 1 nitrogen and oxygen atoms in total. The molecule has 0 unspecified atom stereocenters. The highest BCUT2D eigenvalue weighted by Gasteiger charge is 2.35. The van der Waals surface area contributed by atoms with Crippen molar-refractivity contribution in [3.05, 3.63) is 34.9 Å². The number of halogens is 1. The minimum Gasteiger partial charge on any atom is -0.299 e. The van der Waals surface area contributed by atoms with Crippen molar-refractivity contribution in [1.29, 1.82) is 0 Å². The van der Waals surface area contributed by atoms with Crippen LogP contribution in [0, 0.1) is 5.41 Å². The Morgan fingerprint density at radius 2 is 2.06 bits per heavy atom. The molecule has 0 aliphatic heterocycles. The number of Topliss-reactive ketones (excluding diaryl/α,β-unsaturated/α-hetero) is 1. The molecule has 86 valence electrons. The predicted octanol–water partition coefficient (Wildman–Crippen LogP) is 4.03. The molecule has 0 radical (unpaired) electrons. The molecule has 1 saturated carbocycles. The summed E-state index contributed by atoms with van der Waals surface area (Å²) in [5.74, 6) is 0.368. The van der Waals surface area contributed by atoms with Crippen molar-refractivity contribution in [2.45, 2.75) is 39.0 Å². The molecule has 0 saturated heterocycles. The zero-order valence-corrected chi connectivity index (χ0v) is 10.4. The molecule has 1 aliphatic carbocycles. The summed E-state index contributed by atoms with van der Waals surface area (Å²) in [5, 5.41) is 0.710. The smallest absolute Gasteiger partial charge is 0.143 e. The van der Waals surface area contributed by atoms with Crippen molar-refractivity contribution in [3.63, 3.8) is 0 Å². The van der Waals surface area contributed by atoms with Crippen LogP contribution in [0.2, 0.25) is 5.02 Å². The number of ketones is 1. The summed E-state index contributed by atoms with van der Waals surface area (Å²) in [4.78, 5) is 12.2. The Kier molecular flexibility index (Phi) is 3.34. The van der Waals surface area contributed by atoms with Crippen LogP contribution >= 0.6 is 11.6 Å². The maximum atomic E-state index is 12.2. The second kappa shape index (κ2) is 4.58. The Morgan fingerprint density at radius 1 is 1.38 bits per heavy atom. The lowest BCUT2D eigenvalue weighted by Gasteiger charge is -2.21. The molecule has 0 aromatic heterocycles. The van der Waals surface area contributed by atoms with E-state index in [2.05, 4.69) is 6.92 Å². The van der Waals surface area contributed by atoms with Crippen LogP contribution in [0.1, 0.15) is 38.2 Å². The van der Waals surface area contributed by atoms with Gasteiger partial charge in [-0.15, -0.1) is 0 Å². The SMILES string of the molecule is CC1(C(=O)Cc2cccc(Cl)c2)CCCC1. The van der Waals surface area contributed by atoms with Crippen molar-refractivity contribution in [2.75, 3.05) is 0 Å². The first-order valence-corrected chi connectivity index (χ1v) is 6.26. The van der Waals surface area contributed by atoms with Gasteiger partial charge in [-0.3, -0.25) is 4.79 Å². The molecule has 0 heterocycles. The normalized spacial score (nSPS) is 18.6. The fourth-order valence-corrected chi connectivity index (χ4v) is 2.69. The molecule has 0 amide bonds. The zero-order chi connectivity index (χ0) is 11.6. The number of benzene rings is 1. The molecule has 0 atom stereocenters. The predicted molar refractivity (Wildman–Crippen MR) is 66.7 cm³/mol. The molecule has 0 bridgehead atoms. The monoisotopic (exact) mass is 236 g/mol. The number of carbonyl (C=O) groups is 1. The topological polar surface area (TPSA) is 17.1 Å². The van der Waals surface area contributed by atoms with Crippen LogP contribution < -0.4 is 0 Å². The Morgan fingerprint density at radius 3 is 2.69 bits per heavy atom. The maximum absolute atomic E-state index is 12.2. The summed E-state index contributed by atoms with van der Waals surface area (Å²) in [7, 11) is 0. The molecule has 1 aromatic rings. The lowest BCUT2D eigenvalue weighted by molar-refractivity contribution is -0.126. The highest BCUT2D eigenvalue weighted by molar-refractivity contribution is 6.30. The van der Waals surface area contributed by atoms with Gasteiger partial charge in [-0.25, -0.2) is 0 Å². The number of carbonyl (C=O) groups excluding carboxylic acids is 1. The van der Waals surface area contributed by atoms with E-state index in [0.29, 0.717) is 17.2 Å². The van der Waals surface area contributed by atoms with Crippen LogP contribution in [0.5, 0.6) is 0 Å². The third-order valence-electron chi connectivity index (χ3n) is 3.63. The van der Waals surface area contributed by atoms with Gasteiger partial charge >= 0.3 is 0 Å². The van der Waals surface area contributed by atoms with Gasteiger partial charge < -0.3 is 0 Å². The minimum absolute atomic E-state index is 0.0810. The van der Waals surface area contributed by atoms with Gasteiger partial charge in [0.25, 0.3) is 0 Å². The van der Waals surface area contributed by atoms with Gasteiger partial charge in [0.05, 0.1) is 0 Å². The second-order valence-corrected chi connectivity index (χ2v) is 5.43. The Balaban J connectivity index is 2.07. The molecular weight excluding hydrogens is 220 g/mol. The summed E-state index contributed by atoms with van der Waals surface area (Å²) in [6.07, 6.45) is 5.01. The summed E-state index contributed by atoms with van der Waals surface area (Å²) < 4.78 is 0. The van der Waals surface area contributed by atoms with Crippen molar-refractivity contribution in [3.8, 4) is 0 Å². The third-order valence-corrected chi connectivity index (χ3v) is 3.87. The highest BCUT2D eigenvalue weighted by Crippen LogP contribution is 2.39. The van der Waals surface area contributed by atoms with Gasteiger partial charge in [0, 0.05) is 16.9 Å². The van der Waals surface area contributed by atoms with Crippen molar-refractivity contribution in [1.82, 2.24) is 0 Å². The molecule has 0 N–H and O–H groups in total. The van der Waals surface area contributed by atoms with E-state index in [0.717, 1.165) is 18.4 Å². The van der Waals surface area contributed by atoms with Gasteiger partial charge in [0.15, 0.2) is 0 Å². The Bertz CT molecular complexity index is 391. The van der Waals surface area contributed by atoms with E-state index in [1.54, 1.807) is 0 Å². The largest absolute Gasteiger partial charge is 0.299 e. The van der Waals surface area contributed by atoms with E-state index in [9.17, 15) is 4.79 Å². The standard InChI is InChI=1S/C14H17ClO/c1-14(7-2-3-8-14)13(16)10-11-5-4-6-12(15)9-11/h4-6,9H,2-3,7-8,10H2,1H3. The first-order valence-electron chi connectivity index (χ1n) is 5.88. The van der Waals surface area contributed by atoms with Crippen molar-refractivity contribution >= 4 is 17.4 Å². The fourth-order valence-electron chi connectivity index (χ4n) is 2.48. The van der Waals surface area contributed by atoms with E-state index in [4.69, 9.17) is 11.6 Å². The molecule has 2 heteroatoms. The molecule has 0 spiro atoms. The quantitative estimate of drug-likeness (QED) is 0.775. The second-order valence-electron chi connectivity index (χ2n) is 5.00. The molecule has 1 aliphatic rings. The average Bonchev–Trinajstić information content (AvgIpc) is 2.66. The number of rotatable bonds is 3. The highest BCUT2D eigenvalue weighted by atomic mass is 35.5. The van der Waals surface area contributed by atoms with Crippen molar-refractivity contribution in [2.24, 2.45) is 5.41 Å². The zero-order valence-electron chi connectivity index (χ0n) is 9.63. The first-order chi connectivity index (χ1) is 7.60. The van der Waals surface area contributed by atoms with Crippen LogP contribution in [-0.4, -0.2) is 5.78 Å². The lowest BCUT2D eigenvalue weighted by atomic mass is 9.81. The number of hydrogen-bond acceptors (Lipinski definition) is 1. The van der Waals surface area contributed by atoms with Crippen LogP contribution in [0.4, 0.5) is 0 Å². The van der Waals surface area contributed by atoms with Crippen LogP contribution in [-0.2, 0) is 11.2 Å². The van der Waals surface area contributed by atoms with Gasteiger partial charge in [-0.2, -0.15) is 0 Å². The van der Waals surface area contributed by atoms with Crippen LogP contribution in [0.3, 0.4) is 0 Å². The average molecular weight is 237 g/mol. The first kappa shape index (κ1) is 11.7. The molecule has 16 heavy (non-hydrogen) atoms. The van der Waals surface area contributed by atoms with Gasteiger partial charge in [0.1, 0.15) is 5.78 Å². The molecular formula is C14H17ClO. The Labute approximate surface area is 102 Å². The van der Waals surface area contributed by atoms with Crippen LogP contribution in [0.15, 0.2) is 24.3 Å². The van der Waals surface area contributed by atoms with E-state index in [-0.39, 0.29) is 5.41 Å². The summed E-state index contributed by atoms with van der Waals surface area (Å²) in [6, 6.07) is 7.61. The van der Waals surface area contributed by atoms with E-state index < -0.39 is 0 Å². The van der Waals surface area contributed by atoms with Gasteiger partial charge in [-0.1, -0.05) is 43.5 Å². The van der Waals surface area contributed by atoms with Gasteiger partial charge in [0.2, 0.25) is 0 Å². The molecule has 2 rings (SSSR count).